The Morgan fingerprint density at radius 2 is 1.49 bits per heavy atom. The SMILES string of the molecule is CC(=O)[C@H]1CC[C@H]2[C@H]3CC=C4C[C@@H](O[C@@H]5O[C@H](CO)[C@@H](O)[C@H](O)[C@H]5O[C@@H]5O[C@H](CO)[C@@H](O)[C@H](O)[C@H]5O)CC[C@]4(C)[C@@H]3CC[C@]12C. The van der Waals surface area contributed by atoms with Crippen molar-refractivity contribution in [1.82, 2.24) is 0 Å². The molecule has 0 radical (unpaired) electrons. The third kappa shape index (κ3) is 5.65. The Morgan fingerprint density at radius 1 is 0.822 bits per heavy atom. The molecule has 6 rings (SSSR count). The second kappa shape index (κ2) is 12.8. The van der Waals surface area contributed by atoms with Crippen molar-refractivity contribution in [3.8, 4) is 0 Å². The normalized spacial score (nSPS) is 53.2. The molecule has 0 aromatic heterocycles. The second-order valence-corrected chi connectivity index (χ2v) is 15.1. The summed E-state index contributed by atoms with van der Waals surface area (Å²) in [6.07, 6.45) is -5.13. The molecule has 2 aliphatic heterocycles. The molecule has 256 valence electrons. The van der Waals surface area contributed by atoms with Crippen LogP contribution in [0.2, 0.25) is 0 Å². The number of rotatable bonds is 7. The number of fused-ring (bicyclic) bond motifs is 5. The minimum absolute atomic E-state index is 0.0153. The van der Waals surface area contributed by atoms with Gasteiger partial charge in [0, 0.05) is 5.92 Å². The molecule has 3 saturated carbocycles. The maximum Gasteiger partial charge on any atom is 0.187 e. The third-order valence-corrected chi connectivity index (χ3v) is 12.8. The van der Waals surface area contributed by atoms with Gasteiger partial charge in [-0.3, -0.25) is 4.79 Å². The Balaban J connectivity index is 1.17. The van der Waals surface area contributed by atoms with Gasteiger partial charge in [-0.05, 0) is 86.9 Å². The molecule has 6 aliphatic rings. The summed E-state index contributed by atoms with van der Waals surface area (Å²) in [5.74, 6) is 2.13. The first-order valence-electron chi connectivity index (χ1n) is 16.8. The van der Waals surface area contributed by atoms with Crippen molar-refractivity contribution < 1.29 is 59.5 Å². The first kappa shape index (κ1) is 33.9. The number of hydrogen-bond acceptors (Lipinski definition) is 12. The van der Waals surface area contributed by atoms with Crippen LogP contribution < -0.4 is 0 Å². The number of ether oxygens (including phenoxy) is 4. The number of Topliss-reactive ketones (excluding diaryl/α,β-unsaturated/α-hetero) is 1. The maximum absolute atomic E-state index is 12.5. The lowest BCUT2D eigenvalue weighted by molar-refractivity contribution is -0.372. The fraction of sp³-hybridized carbons (Fsp3) is 0.909. The standard InChI is InChI=1S/C33H52O12/c1-15(36)19-6-7-20-18-5-4-16-12-17(8-10-32(16,2)21(18)9-11-33(19,20)3)42-31-29(27(40)25(38)23(14-35)44-31)45-30-28(41)26(39)24(37)22(13-34)43-30/h4,17-31,34-35,37-41H,5-14H2,1-3H3/t17-,18+,19+,20-,21+,22+,23+,24+,25+,26-,27-,28+,29+,30-,31+,32-,33+/m0/s1. The van der Waals surface area contributed by atoms with Gasteiger partial charge in [-0.1, -0.05) is 25.5 Å². The summed E-state index contributed by atoms with van der Waals surface area (Å²) in [5.41, 5.74) is 1.44. The fourth-order valence-corrected chi connectivity index (χ4v) is 10.2. The Bertz CT molecular complexity index is 1120. The molecule has 0 aromatic rings. The van der Waals surface area contributed by atoms with Gasteiger partial charge in [0.25, 0.3) is 0 Å². The number of allylic oxidation sites excluding steroid dienone is 1. The maximum atomic E-state index is 12.5. The van der Waals surface area contributed by atoms with Crippen molar-refractivity contribution >= 4 is 5.78 Å². The van der Waals surface area contributed by atoms with Gasteiger partial charge < -0.3 is 54.7 Å². The molecule has 45 heavy (non-hydrogen) atoms. The Morgan fingerprint density at radius 3 is 2.16 bits per heavy atom. The molecule has 2 heterocycles. The predicted molar refractivity (Wildman–Crippen MR) is 157 cm³/mol. The number of ketones is 1. The monoisotopic (exact) mass is 640 g/mol. The zero-order valence-electron chi connectivity index (χ0n) is 26.5. The highest BCUT2D eigenvalue weighted by Crippen LogP contribution is 2.66. The van der Waals surface area contributed by atoms with Gasteiger partial charge in [-0.15, -0.1) is 0 Å². The summed E-state index contributed by atoms with van der Waals surface area (Å²) in [4.78, 5) is 12.5. The number of carbonyl (C=O) groups excluding carboxylic acids is 1. The van der Waals surface area contributed by atoms with Crippen LogP contribution in [0, 0.1) is 34.5 Å². The number of aliphatic hydroxyl groups is 7. The number of carbonyl (C=O) groups is 1. The smallest absolute Gasteiger partial charge is 0.187 e. The Hall–Kier alpha value is -1.03. The van der Waals surface area contributed by atoms with Gasteiger partial charge >= 0.3 is 0 Å². The van der Waals surface area contributed by atoms with E-state index >= 15 is 0 Å². The topological polar surface area (TPSA) is 196 Å². The van der Waals surface area contributed by atoms with E-state index in [0.717, 1.165) is 38.5 Å². The van der Waals surface area contributed by atoms with Crippen LogP contribution in [-0.4, -0.2) is 122 Å². The van der Waals surface area contributed by atoms with E-state index < -0.39 is 74.6 Å². The molecule has 0 amide bonds. The van der Waals surface area contributed by atoms with Gasteiger partial charge in [-0.25, -0.2) is 0 Å². The van der Waals surface area contributed by atoms with Crippen LogP contribution in [0.25, 0.3) is 0 Å². The molecule has 5 fully saturated rings. The van der Waals surface area contributed by atoms with Gasteiger partial charge in [0.05, 0.1) is 19.3 Å². The summed E-state index contributed by atoms with van der Waals surface area (Å²) in [5, 5.41) is 72.0. The molecule has 7 N–H and O–H groups in total. The fourth-order valence-electron chi connectivity index (χ4n) is 10.2. The predicted octanol–water partition coefficient (Wildman–Crippen LogP) is 0.164. The molecule has 4 aliphatic carbocycles. The van der Waals surface area contributed by atoms with Crippen LogP contribution in [-0.2, 0) is 23.7 Å². The zero-order valence-corrected chi connectivity index (χ0v) is 26.5. The Kier molecular flexibility index (Phi) is 9.61. The van der Waals surface area contributed by atoms with Gasteiger partial charge in [0.2, 0.25) is 0 Å². The van der Waals surface area contributed by atoms with Crippen molar-refractivity contribution in [2.24, 2.45) is 34.5 Å². The molecule has 0 bridgehead atoms. The third-order valence-electron chi connectivity index (χ3n) is 12.8. The van der Waals surface area contributed by atoms with Crippen molar-refractivity contribution in [3.05, 3.63) is 11.6 Å². The Labute approximate surface area is 264 Å². The van der Waals surface area contributed by atoms with Crippen LogP contribution in [0.4, 0.5) is 0 Å². The van der Waals surface area contributed by atoms with Crippen molar-refractivity contribution in [3.63, 3.8) is 0 Å². The minimum Gasteiger partial charge on any atom is -0.394 e. The molecule has 0 unspecified atom stereocenters. The largest absolute Gasteiger partial charge is 0.394 e. The summed E-state index contributed by atoms with van der Waals surface area (Å²) in [6, 6.07) is 0. The van der Waals surface area contributed by atoms with E-state index in [-0.39, 0.29) is 22.9 Å². The van der Waals surface area contributed by atoms with Crippen LogP contribution in [0.15, 0.2) is 11.6 Å². The molecular weight excluding hydrogens is 588 g/mol. The summed E-state index contributed by atoms with van der Waals surface area (Å²) in [7, 11) is 0. The quantitative estimate of drug-likeness (QED) is 0.187. The average molecular weight is 641 g/mol. The lowest BCUT2D eigenvalue weighted by atomic mass is 9.47. The highest BCUT2D eigenvalue weighted by molar-refractivity contribution is 5.79. The molecule has 12 nitrogen and oxygen atoms in total. The van der Waals surface area contributed by atoms with Crippen LogP contribution >= 0.6 is 0 Å². The molecule has 0 spiro atoms. The molecular formula is C33H52O12. The van der Waals surface area contributed by atoms with Crippen LogP contribution in [0.1, 0.15) is 72.1 Å². The van der Waals surface area contributed by atoms with Crippen molar-refractivity contribution in [2.45, 2.75) is 140 Å². The molecule has 0 aromatic carbocycles. The average Bonchev–Trinajstić information content (AvgIpc) is 3.38. The van der Waals surface area contributed by atoms with Crippen LogP contribution in [0.3, 0.4) is 0 Å². The number of aliphatic hydroxyl groups excluding tert-OH is 7. The molecule has 12 heteroatoms. The number of hydrogen-bond donors (Lipinski definition) is 7. The van der Waals surface area contributed by atoms with Gasteiger partial charge in [-0.2, -0.15) is 0 Å². The minimum atomic E-state index is -1.72. The van der Waals surface area contributed by atoms with E-state index in [4.69, 9.17) is 18.9 Å². The van der Waals surface area contributed by atoms with Gasteiger partial charge in [0.1, 0.15) is 54.6 Å². The van der Waals surface area contributed by atoms with E-state index in [9.17, 15) is 40.5 Å². The van der Waals surface area contributed by atoms with E-state index in [1.165, 1.54) is 5.57 Å². The highest BCUT2D eigenvalue weighted by Gasteiger charge is 2.60. The van der Waals surface area contributed by atoms with E-state index in [1.54, 1.807) is 6.92 Å². The lowest BCUT2D eigenvalue weighted by Crippen LogP contribution is -2.65. The van der Waals surface area contributed by atoms with Crippen LogP contribution in [0.5, 0.6) is 0 Å². The first-order chi connectivity index (χ1) is 21.3. The van der Waals surface area contributed by atoms with E-state index in [0.29, 0.717) is 36.4 Å². The second-order valence-electron chi connectivity index (χ2n) is 15.1. The first-order valence-corrected chi connectivity index (χ1v) is 16.8. The van der Waals surface area contributed by atoms with Crippen molar-refractivity contribution in [2.75, 3.05) is 13.2 Å². The molecule has 17 atom stereocenters. The van der Waals surface area contributed by atoms with E-state index in [1.807, 2.05) is 0 Å². The van der Waals surface area contributed by atoms with Gasteiger partial charge in [0.15, 0.2) is 12.6 Å². The molecule has 2 saturated heterocycles. The summed E-state index contributed by atoms with van der Waals surface area (Å²) < 4.78 is 23.7. The summed E-state index contributed by atoms with van der Waals surface area (Å²) >= 11 is 0. The van der Waals surface area contributed by atoms with Crippen molar-refractivity contribution in [1.29, 1.82) is 0 Å². The zero-order chi connectivity index (χ0) is 32.4. The van der Waals surface area contributed by atoms with E-state index in [2.05, 4.69) is 19.9 Å². The summed E-state index contributed by atoms with van der Waals surface area (Å²) in [6.45, 7) is 5.24. The highest BCUT2D eigenvalue weighted by atomic mass is 16.8. The lowest BCUT2D eigenvalue weighted by Gasteiger charge is -2.58.